The molecule has 1 amide bonds. The first-order chi connectivity index (χ1) is 14.1. The molecular formula is C22H32N4O3. The Labute approximate surface area is 171 Å². The number of carbonyl (C=O) groups excluding carboxylic acids is 1. The minimum Gasteiger partial charge on any atom is -0.379 e. The van der Waals surface area contributed by atoms with Crippen LogP contribution in [0.5, 0.6) is 0 Å². The van der Waals surface area contributed by atoms with Gasteiger partial charge in [0.1, 0.15) is 5.82 Å². The SMILES string of the molecule is O=C(CCCN1CCOCC1)N1CCCC2(CCc3c2nc(C2CC2)[nH]c3=O)C1. The topological polar surface area (TPSA) is 78.5 Å². The highest BCUT2D eigenvalue weighted by molar-refractivity contribution is 5.76. The van der Waals surface area contributed by atoms with Gasteiger partial charge < -0.3 is 14.6 Å². The fourth-order valence-electron chi connectivity index (χ4n) is 5.40. The highest BCUT2D eigenvalue weighted by Gasteiger charge is 2.46. The van der Waals surface area contributed by atoms with E-state index in [1.54, 1.807) is 0 Å². The third kappa shape index (κ3) is 3.87. The summed E-state index contributed by atoms with van der Waals surface area (Å²) >= 11 is 0. The molecule has 2 aliphatic heterocycles. The number of piperidine rings is 1. The smallest absolute Gasteiger partial charge is 0.254 e. The average Bonchev–Trinajstić information content (AvgIpc) is 3.54. The summed E-state index contributed by atoms with van der Waals surface area (Å²) in [7, 11) is 0. The second kappa shape index (κ2) is 7.84. The lowest BCUT2D eigenvalue weighted by Gasteiger charge is -2.40. The number of nitrogens with one attached hydrogen (secondary N) is 1. The number of aromatic nitrogens is 2. The van der Waals surface area contributed by atoms with Gasteiger partial charge in [-0.1, -0.05) is 0 Å². The first kappa shape index (κ1) is 19.2. The van der Waals surface area contributed by atoms with Crippen molar-refractivity contribution < 1.29 is 9.53 Å². The van der Waals surface area contributed by atoms with E-state index in [1.165, 1.54) is 0 Å². The second-order valence-corrected chi connectivity index (χ2v) is 9.31. The van der Waals surface area contributed by atoms with Crippen LogP contribution >= 0.6 is 0 Å². The predicted octanol–water partition coefficient (Wildman–Crippen LogP) is 1.57. The Morgan fingerprint density at radius 2 is 2.03 bits per heavy atom. The van der Waals surface area contributed by atoms with Gasteiger partial charge in [-0.3, -0.25) is 14.5 Å². The van der Waals surface area contributed by atoms with E-state index in [9.17, 15) is 9.59 Å². The molecule has 1 unspecified atom stereocenters. The van der Waals surface area contributed by atoms with E-state index >= 15 is 0 Å². The number of fused-ring (bicyclic) bond motifs is 2. The van der Waals surface area contributed by atoms with Gasteiger partial charge in [-0.15, -0.1) is 0 Å². The molecule has 0 radical (unpaired) electrons. The molecule has 1 aromatic rings. The number of nitrogens with zero attached hydrogens (tertiary/aromatic N) is 3. The van der Waals surface area contributed by atoms with Crippen molar-refractivity contribution in [2.75, 3.05) is 45.9 Å². The number of amides is 1. The summed E-state index contributed by atoms with van der Waals surface area (Å²) in [5, 5.41) is 0. The highest BCUT2D eigenvalue weighted by atomic mass is 16.5. The Kier molecular flexibility index (Phi) is 5.20. The molecule has 7 nitrogen and oxygen atoms in total. The molecule has 2 saturated heterocycles. The molecule has 2 aliphatic carbocycles. The molecule has 0 aromatic carbocycles. The van der Waals surface area contributed by atoms with Crippen LogP contribution in [0.2, 0.25) is 0 Å². The van der Waals surface area contributed by atoms with Crippen LogP contribution in [0.15, 0.2) is 4.79 Å². The fraction of sp³-hybridized carbons (Fsp3) is 0.773. The Hall–Kier alpha value is -1.73. The van der Waals surface area contributed by atoms with Crippen molar-refractivity contribution in [2.45, 2.75) is 62.7 Å². The van der Waals surface area contributed by atoms with Crippen molar-refractivity contribution in [3.63, 3.8) is 0 Å². The van der Waals surface area contributed by atoms with Crippen molar-refractivity contribution in [3.05, 3.63) is 27.4 Å². The molecule has 5 rings (SSSR count). The molecule has 1 atom stereocenters. The maximum absolute atomic E-state index is 12.9. The first-order valence-corrected chi connectivity index (χ1v) is 11.4. The molecule has 1 aromatic heterocycles. The summed E-state index contributed by atoms with van der Waals surface area (Å²) in [5.74, 6) is 1.58. The number of aromatic amines is 1. The maximum atomic E-state index is 12.9. The van der Waals surface area contributed by atoms with Crippen molar-refractivity contribution >= 4 is 5.91 Å². The lowest BCUT2D eigenvalue weighted by molar-refractivity contribution is -0.133. The summed E-state index contributed by atoms with van der Waals surface area (Å²) in [4.78, 5) is 38.0. The van der Waals surface area contributed by atoms with Crippen LogP contribution in [-0.4, -0.2) is 71.6 Å². The molecule has 29 heavy (non-hydrogen) atoms. The van der Waals surface area contributed by atoms with Gasteiger partial charge in [-0.25, -0.2) is 4.98 Å². The molecule has 4 aliphatic rings. The molecule has 3 heterocycles. The van der Waals surface area contributed by atoms with E-state index in [0.29, 0.717) is 12.3 Å². The molecule has 1 N–H and O–H groups in total. The predicted molar refractivity (Wildman–Crippen MR) is 109 cm³/mol. The van der Waals surface area contributed by atoms with Crippen LogP contribution in [0.3, 0.4) is 0 Å². The second-order valence-electron chi connectivity index (χ2n) is 9.31. The number of likely N-dealkylation sites (tertiary alicyclic amines) is 1. The largest absolute Gasteiger partial charge is 0.379 e. The lowest BCUT2D eigenvalue weighted by atomic mass is 9.77. The zero-order chi connectivity index (χ0) is 19.8. The van der Waals surface area contributed by atoms with E-state index in [1.807, 2.05) is 0 Å². The van der Waals surface area contributed by atoms with Crippen molar-refractivity contribution in [1.29, 1.82) is 0 Å². The van der Waals surface area contributed by atoms with Crippen molar-refractivity contribution in [2.24, 2.45) is 0 Å². The summed E-state index contributed by atoms with van der Waals surface area (Å²) in [6, 6.07) is 0. The van der Waals surface area contributed by atoms with Crippen LogP contribution in [0.1, 0.15) is 67.9 Å². The Morgan fingerprint density at radius 3 is 2.83 bits per heavy atom. The van der Waals surface area contributed by atoms with Crippen LogP contribution in [0.4, 0.5) is 0 Å². The third-order valence-corrected chi connectivity index (χ3v) is 7.25. The minimum absolute atomic E-state index is 0.0581. The van der Waals surface area contributed by atoms with Gasteiger partial charge in [0.15, 0.2) is 0 Å². The fourth-order valence-corrected chi connectivity index (χ4v) is 5.40. The minimum atomic E-state index is -0.106. The number of ether oxygens (including phenoxy) is 1. The third-order valence-electron chi connectivity index (χ3n) is 7.25. The van der Waals surface area contributed by atoms with Gasteiger partial charge in [0, 0.05) is 49.5 Å². The van der Waals surface area contributed by atoms with Crippen LogP contribution in [-0.2, 0) is 21.4 Å². The Bertz CT molecular complexity index is 828. The van der Waals surface area contributed by atoms with Crippen LogP contribution in [0, 0.1) is 0 Å². The molecule has 0 bridgehead atoms. The van der Waals surface area contributed by atoms with E-state index in [2.05, 4.69) is 14.8 Å². The van der Waals surface area contributed by atoms with Crippen LogP contribution < -0.4 is 5.56 Å². The number of carbonyl (C=O) groups is 1. The highest BCUT2D eigenvalue weighted by Crippen LogP contribution is 2.45. The van der Waals surface area contributed by atoms with Gasteiger partial charge >= 0.3 is 0 Å². The molecule has 7 heteroatoms. The molecule has 158 valence electrons. The molecule has 1 spiro atoms. The lowest BCUT2D eigenvalue weighted by Crippen LogP contribution is -2.48. The molecule has 3 fully saturated rings. The molecular weight excluding hydrogens is 368 g/mol. The normalized spacial score (nSPS) is 27.4. The summed E-state index contributed by atoms with van der Waals surface area (Å²) in [5.41, 5.74) is 1.83. The number of rotatable bonds is 5. The average molecular weight is 401 g/mol. The first-order valence-electron chi connectivity index (χ1n) is 11.4. The van der Waals surface area contributed by atoms with Gasteiger partial charge in [-0.05, 0) is 51.5 Å². The van der Waals surface area contributed by atoms with E-state index in [-0.39, 0.29) is 16.9 Å². The zero-order valence-electron chi connectivity index (χ0n) is 17.3. The van der Waals surface area contributed by atoms with E-state index in [0.717, 1.165) is 108 Å². The number of morpholine rings is 1. The zero-order valence-corrected chi connectivity index (χ0v) is 17.3. The summed E-state index contributed by atoms with van der Waals surface area (Å²) < 4.78 is 5.39. The van der Waals surface area contributed by atoms with E-state index in [4.69, 9.17) is 9.72 Å². The molecule has 1 saturated carbocycles. The monoisotopic (exact) mass is 400 g/mol. The Balaban J connectivity index is 1.25. The van der Waals surface area contributed by atoms with Gasteiger partial charge in [0.05, 0.1) is 18.9 Å². The number of hydrogen-bond acceptors (Lipinski definition) is 5. The van der Waals surface area contributed by atoms with Crippen LogP contribution in [0.25, 0.3) is 0 Å². The van der Waals surface area contributed by atoms with E-state index < -0.39 is 0 Å². The standard InChI is InChI=1S/C22H32N4O3/c27-18(3-1-9-25-11-13-29-14-12-25)26-10-2-7-22(15-26)8-6-17-19(22)23-20(16-4-5-16)24-21(17)28/h16H,1-15H2,(H,23,24,28). The van der Waals surface area contributed by atoms with Gasteiger partial charge in [0.2, 0.25) is 5.91 Å². The summed E-state index contributed by atoms with van der Waals surface area (Å²) in [6.07, 6.45) is 7.55. The quantitative estimate of drug-likeness (QED) is 0.812. The van der Waals surface area contributed by atoms with Crippen molar-refractivity contribution in [3.8, 4) is 0 Å². The van der Waals surface area contributed by atoms with Gasteiger partial charge in [0.25, 0.3) is 5.56 Å². The van der Waals surface area contributed by atoms with Crippen molar-refractivity contribution in [1.82, 2.24) is 19.8 Å². The van der Waals surface area contributed by atoms with Gasteiger partial charge in [-0.2, -0.15) is 0 Å². The maximum Gasteiger partial charge on any atom is 0.254 e. The number of H-pyrrole nitrogens is 1. The number of hydrogen-bond donors (Lipinski definition) is 1. The summed E-state index contributed by atoms with van der Waals surface area (Å²) in [6.45, 7) is 6.10. The Morgan fingerprint density at radius 1 is 1.21 bits per heavy atom.